The van der Waals surface area contributed by atoms with Crippen molar-refractivity contribution in [1.29, 1.82) is 0 Å². The number of carbonyl (C=O) groups excluding carboxylic acids is 1. The molecule has 1 saturated heterocycles. The maximum Gasteiger partial charge on any atom is 0.240 e. The average molecular weight is 252 g/mol. The molecule has 2 rings (SSSR count). The molecule has 2 aliphatic rings. The van der Waals surface area contributed by atoms with Crippen molar-refractivity contribution in [2.24, 2.45) is 0 Å². The van der Waals surface area contributed by atoms with Crippen LogP contribution in [0.4, 0.5) is 0 Å². The van der Waals surface area contributed by atoms with Crippen molar-refractivity contribution in [3.05, 3.63) is 0 Å². The van der Waals surface area contributed by atoms with Crippen LogP contribution in [-0.4, -0.2) is 23.5 Å². The summed E-state index contributed by atoms with van der Waals surface area (Å²) in [5, 5.41) is 6.83. The SMILES string of the molecule is CCCC1(C(=O)NC2(C)CCCCC2)CCCN1. The molecule has 2 fully saturated rings. The normalized spacial score (nSPS) is 31.2. The largest absolute Gasteiger partial charge is 0.349 e. The topological polar surface area (TPSA) is 41.1 Å². The smallest absolute Gasteiger partial charge is 0.240 e. The molecule has 1 unspecified atom stereocenters. The summed E-state index contributed by atoms with van der Waals surface area (Å²) in [6.07, 6.45) is 10.3. The van der Waals surface area contributed by atoms with E-state index in [4.69, 9.17) is 0 Å². The van der Waals surface area contributed by atoms with Crippen molar-refractivity contribution in [3.8, 4) is 0 Å². The van der Waals surface area contributed by atoms with Gasteiger partial charge in [-0.2, -0.15) is 0 Å². The van der Waals surface area contributed by atoms with Crippen molar-refractivity contribution in [2.45, 2.75) is 82.7 Å². The molecule has 1 aliphatic heterocycles. The van der Waals surface area contributed by atoms with E-state index in [0.29, 0.717) is 0 Å². The fourth-order valence-corrected chi connectivity index (χ4v) is 3.60. The maximum atomic E-state index is 12.7. The molecule has 3 nitrogen and oxygen atoms in total. The molecule has 1 heterocycles. The minimum Gasteiger partial charge on any atom is -0.349 e. The quantitative estimate of drug-likeness (QED) is 0.808. The van der Waals surface area contributed by atoms with Gasteiger partial charge in [0.15, 0.2) is 0 Å². The first-order chi connectivity index (χ1) is 8.60. The predicted molar refractivity (Wildman–Crippen MR) is 74.5 cm³/mol. The Balaban J connectivity index is 2.00. The van der Waals surface area contributed by atoms with Crippen LogP contribution in [-0.2, 0) is 4.79 Å². The average Bonchev–Trinajstić information content (AvgIpc) is 2.80. The van der Waals surface area contributed by atoms with Crippen LogP contribution in [0.2, 0.25) is 0 Å². The highest BCUT2D eigenvalue weighted by Gasteiger charge is 2.42. The molecule has 0 bridgehead atoms. The zero-order valence-corrected chi connectivity index (χ0v) is 12.0. The van der Waals surface area contributed by atoms with E-state index < -0.39 is 0 Å². The lowest BCUT2D eigenvalue weighted by Crippen LogP contribution is -2.59. The highest BCUT2D eigenvalue weighted by molar-refractivity contribution is 5.87. The molecular formula is C15H28N2O. The summed E-state index contributed by atoms with van der Waals surface area (Å²) < 4.78 is 0. The molecular weight excluding hydrogens is 224 g/mol. The zero-order chi connectivity index (χ0) is 13.1. The Hall–Kier alpha value is -0.570. The second-order valence-corrected chi connectivity index (χ2v) is 6.44. The minimum atomic E-state index is -0.269. The number of amides is 1. The Morgan fingerprint density at radius 2 is 1.89 bits per heavy atom. The van der Waals surface area contributed by atoms with Crippen LogP contribution in [0.1, 0.15) is 71.6 Å². The van der Waals surface area contributed by atoms with E-state index in [2.05, 4.69) is 24.5 Å². The standard InChI is InChI=1S/C15H28N2O/c1-3-8-15(11-7-12-16-15)13(18)17-14(2)9-5-4-6-10-14/h16H,3-12H2,1-2H3,(H,17,18). The lowest BCUT2D eigenvalue weighted by Gasteiger charge is -2.38. The molecule has 0 aromatic heterocycles. The van der Waals surface area contributed by atoms with E-state index in [1.165, 1.54) is 19.3 Å². The van der Waals surface area contributed by atoms with Gasteiger partial charge in [-0.1, -0.05) is 32.6 Å². The fourth-order valence-electron chi connectivity index (χ4n) is 3.60. The molecule has 104 valence electrons. The lowest BCUT2D eigenvalue weighted by molar-refractivity contribution is -0.129. The second-order valence-electron chi connectivity index (χ2n) is 6.44. The van der Waals surface area contributed by atoms with E-state index in [0.717, 1.165) is 45.1 Å². The molecule has 0 spiro atoms. The van der Waals surface area contributed by atoms with Gasteiger partial charge in [-0.25, -0.2) is 0 Å². The first-order valence-corrected chi connectivity index (χ1v) is 7.68. The Morgan fingerprint density at radius 1 is 1.17 bits per heavy atom. The zero-order valence-electron chi connectivity index (χ0n) is 12.0. The summed E-state index contributed by atoms with van der Waals surface area (Å²) in [5.74, 6) is 0.256. The van der Waals surface area contributed by atoms with Gasteiger partial charge in [-0.3, -0.25) is 4.79 Å². The molecule has 1 saturated carbocycles. The van der Waals surface area contributed by atoms with Crippen molar-refractivity contribution >= 4 is 5.91 Å². The number of carbonyl (C=O) groups is 1. The van der Waals surface area contributed by atoms with Gasteiger partial charge >= 0.3 is 0 Å². The Morgan fingerprint density at radius 3 is 2.44 bits per heavy atom. The highest BCUT2D eigenvalue weighted by atomic mass is 16.2. The first kappa shape index (κ1) is 13.9. The third kappa shape index (κ3) is 2.87. The van der Waals surface area contributed by atoms with Gasteiger partial charge < -0.3 is 10.6 Å². The molecule has 2 N–H and O–H groups in total. The minimum absolute atomic E-state index is 0.0420. The van der Waals surface area contributed by atoms with Crippen molar-refractivity contribution in [3.63, 3.8) is 0 Å². The van der Waals surface area contributed by atoms with Gasteiger partial charge in [-0.15, -0.1) is 0 Å². The van der Waals surface area contributed by atoms with E-state index in [9.17, 15) is 4.79 Å². The summed E-state index contributed by atoms with van der Waals surface area (Å²) in [6, 6.07) is 0. The number of rotatable bonds is 4. The summed E-state index contributed by atoms with van der Waals surface area (Å²) >= 11 is 0. The van der Waals surface area contributed by atoms with Gasteiger partial charge in [-0.05, 0) is 45.6 Å². The van der Waals surface area contributed by atoms with E-state index in [-0.39, 0.29) is 17.0 Å². The number of nitrogens with one attached hydrogen (secondary N) is 2. The molecule has 1 atom stereocenters. The van der Waals surface area contributed by atoms with Crippen LogP contribution in [0.15, 0.2) is 0 Å². The van der Waals surface area contributed by atoms with Gasteiger partial charge in [0.25, 0.3) is 0 Å². The van der Waals surface area contributed by atoms with Crippen LogP contribution in [0.3, 0.4) is 0 Å². The highest BCUT2D eigenvalue weighted by Crippen LogP contribution is 2.30. The summed E-state index contributed by atoms with van der Waals surface area (Å²) in [5.41, 5.74) is -0.227. The van der Waals surface area contributed by atoms with Crippen molar-refractivity contribution in [1.82, 2.24) is 10.6 Å². The number of hydrogen-bond donors (Lipinski definition) is 2. The van der Waals surface area contributed by atoms with Crippen LogP contribution >= 0.6 is 0 Å². The molecule has 0 aromatic carbocycles. The Labute approximate surface area is 111 Å². The van der Waals surface area contributed by atoms with Crippen molar-refractivity contribution < 1.29 is 4.79 Å². The van der Waals surface area contributed by atoms with Gasteiger partial charge in [0.05, 0.1) is 5.54 Å². The lowest BCUT2D eigenvalue weighted by atomic mass is 9.81. The summed E-state index contributed by atoms with van der Waals surface area (Å²) in [4.78, 5) is 12.7. The third-order valence-electron chi connectivity index (χ3n) is 4.73. The maximum absolute atomic E-state index is 12.7. The molecule has 3 heteroatoms. The molecule has 0 aromatic rings. The van der Waals surface area contributed by atoms with Crippen molar-refractivity contribution in [2.75, 3.05) is 6.54 Å². The van der Waals surface area contributed by atoms with Gasteiger partial charge in [0.1, 0.15) is 0 Å². The Bertz CT molecular complexity index is 289. The molecule has 0 radical (unpaired) electrons. The van der Waals surface area contributed by atoms with Crippen LogP contribution in [0.25, 0.3) is 0 Å². The monoisotopic (exact) mass is 252 g/mol. The van der Waals surface area contributed by atoms with E-state index >= 15 is 0 Å². The molecule has 1 aliphatic carbocycles. The summed E-state index contributed by atoms with van der Waals surface area (Å²) in [7, 11) is 0. The fraction of sp³-hybridized carbons (Fsp3) is 0.933. The third-order valence-corrected chi connectivity index (χ3v) is 4.73. The van der Waals surface area contributed by atoms with Crippen LogP contribution in [0, 0.1) is 0 Å². The predicted octanol–water partition coefficient (Wildman–Crippen LogP) is 2.75. The molecule has 18 heavy (non-hydrogen) atoms. The van der Waals surface area contributed by atoms with Gasteiger partial charge in [0.2, 0.25) is 5.91 Å². The number of hydrogen-bond acceptors (Lipinski definition) is 2. The summed E-state index contributed by atoms with van der Waals surface area (Å²) in [6.45, 7) is 5.38. The van der Waals surface area contributed by atoms with Gasteiger partial charge in [0, 0.05) is 5.54 Å². The first-order valence-electron chi connectivity index (χ1n) is 7.68. The van der Waals surface area contributed by atoms with E-state index in [1.54, 1.807) is 0 Å². The molecule has 1 amide bonds. The van der Waals surface area contributed by atoms with Crippen LogP contribution < -0.4 is 10.6 Å². The second kappa shape index (κ2) is 5.60. The van der Waals surface area contributed by atoms with Crippen LogP contribution in [0.5, 0.6) is 0 Å². The Kier molecular flexibility index (Phi) is 4.31. The van der Waals surface area contributed by atoms with E-state index in [1.807, 2.05) is 0 Å².